The van der Waals surface area contributed by atoms with Crippen LogP contribution in [-0.4, -0.2) is 24.5 Å². The van der Waals surface area contributed by atoms with Gasteiger partial charge in [-0.1, -0.05) is 35.9 Å². The third kappa shape index (κ3) is 3.76. The molecule has 0 N–H and O–H groups in total. The van der Waals surface area contributed by atoms with Crippen LogP contribution in [0.2, 0.25) is 5.02 Å². The van der Waals surface area contributed by atoms with Crippen molar-refractivity contribution in [1.82, 2.24) is 4.90 Å². The monoisotopic (exact) mass is 463 g/mol. The van der Waals surface area contributed by atoms with Crippen molar-refractivity contribution in [3.05, 3.63) is 110 Å². The van der Waals surface area contributed by atoms with Crippen LogP contribution in [0, 0.1) is 5.82 Å². The van der Waals surface area contributed by atoms with E-state index in [0.717, 1.165) is 17.4 Å². The number of amides is 1. The van der Waals surface area contributed by atoms with Crippen LogP contribution in [-0.2, 0) is 6.42 Å². The van der Waals surface area contributed by atoms with Crippen LogP contribution in [0.4, 0.5) is 4.39 Å². The minimum atomic E-state index is -0.687. The Morgan fingerprint density at radius 1 is 1.06 bits per heavy atom. The van der Waals surface area contributed by atoms with Gasteiger partial charge in [-0.2, -0.15) is 0 Å². The minimum absolute atomic E-state index is 0.0150. The van der Waals surface area contributed by atoms with E-state index in [1.165, 1.54) is 12.1 Å². The maximum Gasteiger partial charge on any atom is 0.290 e. The molecule has 1 amide bonds. The molecule has 0 saturated heterocycles. The highest BCUT2D eigenvalue weighted by molar-refractivity contribution is 6.30. The molecule has 0 unspecified atom stereocenters. The van der Waals surface area contributed by atoms with Gasteiger partial charge in [0.25, 0.3) is 5.91 Å². The maximum absolute atomic E-state index is 13.9. The summed E-state index contributed by atoms with van der Waals surface area (Å²) in [5.74, 6) is -0.200. The summed E-state index contributed by atoms with van der Waals surface area (Å²) in [6, 6.07) is 17.6. The number of benzene rings is 3. The second-order valence-electron chi connectivity index (χ2n) is 7.87. The van der Waals surface area contributed by atoms with Gasteiger partial charge >= 0.3 is 0 Å². The van der Waals surface area contributed by atoms with Gasteiger partial charge in [-0.3, -0.25) is 9.59 Å². The molecule has 1 atom stereocenters. The average Bonchev–Trinajstić information content (AvgIpc) is 3.10. The first kappa shape index (κ1) is 21.2. The fraction of sp³-hybridized carbons (Fsp3) is 0.154. The summed E-state index contributed by atoms with van der Waals surface area (Å²) >= 11 is 6.23. The first-order valence-corrected chi connectivity index (χ1v) is 10.8. The number of halogens is 2. The predicted octanol–water partition coefficient (Wildman–Crippen LogP) is 5.38. The number of rotatable bonds is 5. The van der Waals surface area contributed by atoms with Gasteiger partial charge in [0.05, 0.1) is 24.1 Å². The van der Waals surface area contributed by atoms with E-state index in [9.17, 15) is 14.0 Å². The maximum atomic E-state index is 13.9. The Balaban J connectivity index is 1.61. The molecule has 1 aliphatic heterocycles. The van der Waals surface area contributed by atoms with Gasteiger partial charge in [-0.25, -0.2) is 4.39 Å². The van der Waals surface area contributed by atoms with Crippen LogP contribution < -0.4 is 10.2 Å². The zero-order valence-electron chi connectivity index (χ0n) is 17.7. The summed E-state index contributed by atoms with van der Waals surface area (Å²) < 4.78 is 24.9. The van der Waals surface area contributed by atoms with Gasteiger partial charge < -0.3 is 14.1 Å². The Bertz CT molecular complexity index is 1430. The van der Waals surface area contributed by atoms with E-state index in [1.807, 2.05) is 30.3 Å². The zero-order chi connectivity index (χ0) is 23.1. The Morgan fingerprint density at radius 2 is 1.85 bits per heavy atom. The van der Waals surface area contributed by atoms with E-state index in [4.69, 9.17) is 20.8 Å². The van der Waals surface area contributed by atoms with Crippen molar-refractivity contribution in [3.63, 3.8) is 0 Å². The molecule has 1 aliphatic rings. The van der Waals surface area contributed by atoms with Gasteiger partial charge in [0, 0.05) is 11.6 Å². The van der Waals surface area contributed by atoms with Crippen molar-refractivity contribution in [2.24, 2.45) is 0 Å². The van der Waals surface area contributed by atoms with Crippen LogP contribution in [0.3, 0.4) is 0 Å². The van der Waals surface area contributed by atoms with Crippen LogP contribution in [0.15, 0.2) is 75.9 Å². The van der Waals surface area contributed by atoms with Gasteiger partial charge in [-0.15, -0.1) is 0 Å². The van der Waals surface area contributed by atoms with E-state index < -0.39 is 17.3 Å². The molecule has 5 rings (SSSR count). The van der Waals surface area contributed by atoms with Crippen LogP contribution in [0.25, 0.3) is 11.0 Å². The van der Waals surface area contributed by atoms with E-state index >= 15 is 0 Å². The van der Waals surface area contributed by atoms with Crippen molar-refractivity contribution in [3.8, 4) is 5.75 Å². The molecular formula is C26H19ClFNO4. The summed E-state index contributed by atoms with van der Waals surface area (Å²) in [6.07, 6.45) is 0.559. The lowest BCUT2D eigenvalue weighted by atomic mass is 9.98. The Labute approximate surface area is 194 Å². The SMILES string of the molecule is COc1ccc(CCN2C(=O)c3oc4ccc(F)cc4c(=O)c3[C@H]2c2cccc(Cl)c2)cc1. The molecule has 0 fully saturated rings. The van der Waals surface area contributed by atoms with Gasteiger partial charge in [0.15, 0.2) is 5.43 Å². The molecule has 0 bridgehead atoms. The first-order chi connectivity index (χ1) is 16.0. The third-order valence-electron chi connectivity index (χ3n) is 5.89. The molecule has 5 nitrogen and oxygen atoms in total. The molecule has 3 aromatic carbocycles. The standard InChI is InChI=1S/C26H19ClFNO4/c1-32-19-8-5-15(6-9-19)11-12-29-23(16-3-2-4-17(27)13-16)22-24(30)20-14-18(28)7-10-21(20)33-25(22)26(29)31/h2-10,13-14,23H,11-12H2,1H3/t23-/m1/s1. The number of carbonyl (C=O) groups excluding carboxylic acids is 1. The normalized spacial score (nSPS) is 15.2. The quantitative estimate of drug-likeness (QED) is 0.398. The molecule has 4 aromatic rings. The smallest absolute Gasteiger partial charge is 0.290 e. The Hall–Kier alpha value is -3.64. The summed E-state index contributed by atoms with van der Waals surface area (Å²) in [5, 5.41) is 0.588. The number of hydrogen-bond acceptors (Lipinski definition) is 4. The number of hydrogen-bond donors (Lipinski definition) is 0. The van der Waals surface area contributed by atoms with Gasteiger partial charge in [0.1, 0.15) is 17.1 Å². The van der Waals surface area contributed by atoms with Crippen LogP contribution in [0.5, 0.6) is 5.75 Å². The summed E-state index contributed by atoms with van der Waals surface area (Å²) in [5.41, 5.74) is 1.66. The third-order valence-corrected chi connectivity index (χ3v) is 6.13. The van der Waals surface area contributed by atoms with Crippen LogP contribution >= 0.6 is 11.6 Å². The largest absolute Gasteiger partial charge is 0.497 e. The van der Waals surface area contributed by atoms with Crippen molar-refractivity contribution >= 4 is 28.5 Å². The molecule has 0 saturated carbocycles. The van der Waals surface area contributed by atoms with Gasteiger partial charge in [0.2, 0.25) is 5.76 Å². The molecule has 1 aromatic heterocycles. The van der Waals surface area contributed by atoms with Crippen molar-refractivity contribution < 1.29 is 18.3 Å². The van der Waals surface area contributed by atoms with Crippen molar-refractivity contribution in [2.75, 3.05) is 13.7 Å². The second kappa shape index (κ2) is 8.37. The highest BCUT2D eigenvalue weighted by atomic mass is 35.5. The molecule has 7 heteroatoms. The second-order valence-corrected chi connectivity index (χ2v) is 8.31. The molecule has 2 heterocycles. The topological polar surface area (TPSA) is 59.8 Å². The lowest BCUT2D eigenvalue weighted by Gasteiger charge is -2.25. The number of carbonyl (C=O) groups is 1. The lowest BCUT2D eigenvalue weighted by molar-refractivity contribution is 0.0730. The molecule has 33 heavy (non-hydrogen) atoms. The van der Waals surface area contributed by atoms with Gasteiger partial charge in [-0.05, 0) is 60.0 Å². The van der Waals surface area contributed by atoms with E-state index in [1.54, 1.807) is 30.2 Å². The lowest BCUT2D eigenvalue weighted by Crippen LogP contribution is -2.31. The number of nitrogens with zero attached hydrogens (tertiary/aromatic N) is 1. The fourth-order valence-corrected chi connectivity index (χ4v) is 4.49. The molecular weight excluding hydrogens is 445 g/mol. The Kier molecular flexibility index (Phi) is 5.38. The average molecular weight is 464 g/mol. The first-order valence-electron chi connectivity index (χ1n) is 10.4. The summed E-state index contributed by atoms with van der Waals surface area (Å²) in [4.78, 5) is 28.5. The molecule has 0 radical (unpaired) electrons. The zero-order valence-corrected chi connectivity index (χ0v) is 18.4. The molecule has 0 aliphatic carbocycles. The molecule has 0 spiro atoms. The number of ether oxygens (including phenoxy) is 1. The van der Waals surface area contributed by atoms with E-state index in [2.05, 4.69) is 0 Å². The summed E-state index contributed by atoms with van der Waals surface area (Å²) in [7, 11) is 1.60. The predicted molar refractivity (Wildman–Crippen MR) is 123 cm³/mol. The Morgan fingerprint density at radius 3 is 2.58 bits per heavy atom. The van der Waals surface area contributed by atoms with E-state index in [-0.39, 0.29) is 28.2 Å². The number of methoxy groups -OCH3 is 1. The highest BCUT2D eigenvalue weighted by Gasteiger charge is 2.42. The summed E-state index contributed by atoms with van der Waals surface area (Å²) in [6.45, 7) is 0.344. The van der Waals surface area contributed by atoms with E-state index in [0.29, 0.717) is 23.6 Å². The van der Waals surface area contributed by atoms with Crippen molar-refractivity contribution in [1.29, 1.82) is 0 Å². The fourth-order valence-electron chi connectivity index (χ4n) is 4.29. The number of fused-ring (bicyclic) bond motifs is 2. The highest BCUT2D eigenvalue weighted by Crippen LogP contribution is 2.39. The van der Waals surface area contributed by atoms with Crippen molar-refractivity contribution in [2.45, 2.75) is 12.5 Å². The minimum Gasteiger partial charge on any atom is -0.497 e. The molecule has 166 valence electrons. The van der Waals surface area contributed by atoms with Crippen LogP contribution in [0.1, 0.15) is 33.3 Å².